The van der Waals surface area contributed by atoms with Crippen LogP contribution in [-0.4, -0.2) is 11.8 Å². The molecule has 0 heterocycles. The van der Waals surface area contributed by atoms with E-state index in [1.807, 2.05) is 13.8 Å². The third-order valence-electron chi connectivity index (χ3n) is 5.22. The molecule has 1 fully saturated rings. The van der Waals surface area contributed by atoms with E-state index in [1.54, 1.807) is 36.4 Å². The van der Waals surface area contributed by atoms with Crippen molar-refractivity contribution in [3.8, 4) is 0 Å². The van der Waals surface area contributed by atoms with Crippen molar-refractivity contribution in [1.29, 1.82) is 0 Å². The number of hydrogen-bond donors (Lipinski definition) is 2. The largest absolute Gasteiger partial charge is 0.326 e. The predicted octanol–water partition coefficient (Wildman–Crippen LogP) is 4.87. The summed E-state index contributed by atoms with van der Waals surface area (Å²) in [6.07, 6.45) is 3.47. The Morgan fingerprint density at radius 3 is 1.93 bits per heavy atom. The summed E-state index contributed by atoms with van der Waals surface area (Å²) in [4.78, 5) is 24.9. The van der Waals surface area contributed by atoms with E-state index in [0.29, 0.717) is 11.4 Å². The fourth-order valence-corrected chi connectivity index (χ4v) is 3.57. The van der Waals surface area contributed by atoms with E-state index in [0.717, 1.165) is 31.2 Å². The Hall–Kier alpha value is -2.69. The summed E-state index contributed by atoms with van der Waals surface area (Å²) in [6, 6.07) is 13.4. The van der Waals surface area contributed by atoms with Crippen LogP contribution in [0, 0.1) is 11.7 Å². The number of amides is 2. The van der Waals surface area contributed by atoms with Crippen molar-refractivity contribution >= 4 is 23.2 Å². The summed E-state index contributed by atoms with van der Waals surface area (Å²) in [7, 11) is 0. The summed E-state index contributed by atoms with van der Waals surface area (Å²) in [5.41, 5.74) is 1.62. The smallest absolute Gasteiger partial charge is 0.235 e. The van der Waals surface area contributed by atoms with Crippen molar-refractivity contribution in [2.24, 2.45) is 5.92 Å². The van der Waals surface area contributed by atoms with Crippen LogP contribution < -0.4 is 10.6 Å². The number of nitrogens with one attached hydrogen (secondary N) is 2. The second-order valence-electron chi connectivity index (χ2n) is 7.47. The lowest BCUT2D eigenvalue weighted by atomic mass is 9.78. The molecule has 3 rings (SSSR count). The Kier molecular flexibility index (Phi) is 5.59. The fourth-order valence-electron chi connectivity index (χ4n) is 3.57. The van der Waals surface area contributed by atoms with Crippen LogP contribution in [-0.2, 0) is 15.0 Å². The van der Waals surface area contributed by atoms with E-state index >= 15 is 0 Å². The highest BCUT2D eigenvalue weighted by atomic mass is 19.1. The molecule has 5 heteroatoms. The van der Waals surface area contributed by atoms with Crippen molar-refractivity contribution in [3.05, 3.63) is 59.9 Å². The molecule has 1 aliphatic carbocycles. The summed E-state index contributed by atoms with van der Waals surface area (Å²) in [5, 5.41) is 5.82. The Labute approximate surface area is 159 Å². The summed E-state index contributed by atoms with van der Waals surface area (Å²) < 4.78 is 13.3. The molecule has 0 spiro atoms. The molecule has 0 aromatic heterocycles. The molecule has 142 valence electrons. The zero-order valence-electron chi connectivity index (χ0n) is 15.7. The number of benzene rings is 2. The van der Waals surface area contributed by atoms with Gasteiger partial charge in [0.25, 0.3) is 0 Å². The van der Waals surface area contributed by atoms with Crippen LogP contribution in [0.2, 0.25) is 0 Å². The number of halogens is 1. The molecule has 0 bridgehead atoms. The predicted molar refractivity (Wildman–Crippen MR) is 105 cm³/mol. The third-order valence-corrected chi connectivity index (χ3v) is 5.22. The van der Waals surface area contributed by atoms with Gasteiger partial charge in [-0.2, -0.15) is 0 Å². The van der Waals surface area contributed by atoms with Crippen molar-refractivity contribution in [3.63, 3.8) is 0 Å². The third kappa shape index (κ3) is 4.18. The van der Waals surface area contributed by atoms with Crippen molar-refractivity contribution in [2.75, 3.05) is 10.6 Å². The first kappa shape index (κ1) is 19.1. The Morgan fingerprint density at radius 1 is 0.889 bits per heavy atom. The molecule has 0 unspecified atom stereocenters. The molecule has 0 aliphatic heterocycles. The second-order valence-corrected chi connectivity index (χ2v) is 7.47. The summed E-state index contributed by atoms with van der Waals surface area (Å²) >= 11 is 0. The molecule has 2 aromatic rings. The average Bonchev–Trinajstić information content (AvgIpc) is 3.15. The van der Waals surface area contributed by atoms with Crippen molar-refractivity contribution in [1.82, 2.24) is 0 Å². The maximum absolute atomic E-state index is 13.3. The molecule has 1 aliphatic rings. The van der Waals surface area contributed by atoms with E-state index in [2.05, 4.69) is 10.6 Å². The molecule has 0 radical (unpaired) electrons. The van der Waals surface area contributed by atoms with Gasteiger partial charge in [-0.05, 0) is 54.8 Å². The monoisotopic (exact) mass is 368 g/mol. The SMILES string of the molecule is CC(C)C(=O)Nc1ccc(NC(=O)C2(c3ccc(F)cc3)CCCC2)cc1. The quantitative estimate of drug-likeness (QED) is 0.791. The summed E-state index contributed by atoms with van der Waals surface area (Å²) in [6.45, 7) is 3.67. The van der Waals surface area contributed by atoms with Crippen LogP contribution in [0.15, 0.2) is 48.5 Å². The van der Waals surface area contributed by atoms with E-state index in [9.17, 15) is 14.0 Å². The highest BCUT2D eigenvalue weighted by Gasteiger charge is 2.42. The van der Waals surface area contributed by atoms with Crippen molar-refractivity contribution < 1.29 is 14.0 Å². The molecular weight excluding hydrogens is 343 g/mol. The highest BCUT2D eigenvalue weighted by Crippen LogP contribution is 2.42. The zero-order chi connectivity index (χ0) is 19.4. The van der Waals surface area contributed by atoms with Crippen LogP contribution in [0.3, 0.4) is 0 Å². The molecule has 2 amide bonds. The molecule has 0 atom stereocenters. The summed E-state index contributed by atoms with van der Waals surface area (Å²) in [5.74, 6) is -0.507. The van der Waals surface area contributed by atoms with Crippen LogP contribution >= 0.6 is 0 Å². The minimum atomic E-state index is -0.613. The van der Waals surface area contributed by atoms with Gasteiger partial charge in [0.1, 0.15) is 5.82 Å². The number of carbonyl (C=O) groups excluding carboxylic acids is 2. The van der Waals surface area contributed by atoms with Gasteiger partial charge in [-0.25, -0.2) is 4.39 Å². The standard InChI is InChI=1S/C22H25FN2O2/c1-15(2)20(26)24-18-9-11-19(12-10-18)25-21(27)22(13-3-4-14-22)16-5-7-17(23)8-6-16/h5-12,15H,3-4,13-14H2,1-2H3,(H,24,26)(H,25,27). The first-order chi connectivity index (χ1) is 12.9. The van der Waals surface area contributed by atoms with Gasteiger partial charge in [0.2, 0.25) is 11.8 Å². The Balaban J connectivity index is 1.75. The topological polar surface area (TPSA) is 58.2 Å². The average molecular weight is 368 g/mol. The molecule has 4 nitrogen and oxygen atoms in total. The van der Waals surface area contributed by atoms with Gasteiger partial charge in [0, 0.05) is 17.3 Å². The number of rotatable bonds is 5. The first-order valence-corrected chi connectivity index (χ1v) is 9.39. The van der Waals surface area contributed by atoms with Gasteiger partial charge in [0.05, 0.1) is 5.41 Å². The van der Waals surface area contributed by atoms with E-state index in [4.69, 9.17) is 0 Å². The van der Waals surface area contributed by atoms with Crippen LogP contribution in [0.5, 0.6) is 0 Å². The van der Waals surface area contributed by atoms with E-state index in [1.165, 1.54) is 12.1 Å². The molecule has 0 saturated heterocycles. The lowest BCUT2D eigenvalue weighted by molar-refractivity contribution is -0.121. The number of anilines is 2. The number of hydrogen-bond acceptors (Lipinski definition) is 2. The van der Waals surface area contributed by atoms with Crippen molar-refractivity contribution in [2.45, 2.75) is 44.9 Å². The number of carbonyl (C=O) groups is 2. The van der Waals surface area contributed by atoms with E-state index < -0.39 is 5.41 Å². The molecule has 2 N–H and O–H groups in total. The Morgan fingerprint density at radius 2 is 1.41 bits per heavy atom. The van der Waals surface area contributed by atoms with Crippen LogP contribution in [0.25, 0.3) is 0 Å². The minimum Gasteiger partial charge on any atom is -0.326 e. The maximum Gasteiger partial charge on any atom is 0.235 e. The molecular formula is C22H25FN2O2. The zero-order valence-corrected chi connectivity index (χ0v) is 15.7. The van der Waals surface area contributed by atoms with E-state index in [-0.39, 0.29) is 23.5 Å². The lowest BCUT2D eigenvalue weighted by Gasteiger charge is -2.28. The second kappa shape index (κ2) is 7.91. The Bertz CT molecular complexity index is 807. The van der Waals surface area contributed by atoms with Gasteiger partial charge in [-0.1, -0.05) is 38.8 Å². The van der Waals surface area contributed by atoms with Gasteiger partial charge in [0.15, 0.2) is 0 Å². The highest BCUT2D eigenvalue weighted by molar-refractivity contribution is 5.99. The van der Waals surface area contributed by atoms with Crippen LogP contribution in [0.1, 0.15) is 45.1 Å². The van der Waals surface area contributed by atoms with Gasteiger partial charge in [-0.15, -0.1) is 0 Å². The first-order valence-electron chi connectivity index (χ1n) is 9.39. The molecule has 2 aromatic carbocycles. The normalized spacial score (nSPS) is 15.6. The van der Waals surface area contributed by atoms with Gasteiger partial charge >= 0.3 is 0 Å². The van der Waals surface area contributed by atoms with Gasteiger partial charge in [-0.3, -0.25) is 9.59 Å². The lowest BCUT2D eigenvalue weighted by Crippen LogP contribution is -2.38. The molecule has 27 heavy (non-hydrogen) atoms. The van der Waals surface area contributed by atoms with Gasteiger partial charge < -0.3 is 10.6 Å². The van der Waals surface area contributed by atoms with Crippen LogP contribution in [0.4, 0.5) is 15.8 Å². The fraction of sp³-hybridized carbons (Fsp3) is 0.364. The molecule has 1 saturated carbocycles. The maximum atomic E-state index is 13.3. The minimum absolute atomic E-state index is 0.0481.